The lowest BCUT2D eigenvalue weighted by atomic mass is 9.64. The number of benzene rings is 1. The van der Waals surface area contributed by atoms with Gasteiger partial charge in [0.15, 0.2) is 5.82 Å². The number of H-pyrrole nitrogens is 1. The van der Waals surface area contributed by atoms with E-state index in [4.69, 9.17) is 11.6 Å². The van der Waals surface area contributed by atoms with Crippen LogP contribution in [0.25, 0.3) is 11.4 Å². The van der Waals surface area contributed by atoms with Gasteiger partial charge < -0.3 is 4.98 Å². The van der Waals surface area contributed by atoms with Crippen molar-refractivity contribution in [1.82, 2.24) is 20.2 Å². The Morgan fingerprint density at radius 2 is 1.82 bits per heavy atom. The van der Waals surface area contributed by atoms with Crippen molar-refractivity contribution < 1.29 is 0 Å². The zero-order chi connectivity index (χ0) is 15.0. The highest BCUT2D eigenvalue weighted by molar-refractivity contribution is 6.29. The number of rotatable bonds is 3. The highest BCUT2D eigenvalue weighted by atomic mass is 35.5. The van der Waals surface area contributed by atoms with Crippen LogP contribution in [0.2, 0.25) is 5.15 Å². The second kappa shape index (κ2) is 5.21. The summed E-state index contributed by atoms with van der Waals surface area (Å²) in [4.78, 5) is 7.62. The maximum Gasteiger partial charge on any atom is 0.161 e. The van der Waals surface area contributed by atoms with Gasteiger partial charge in [-0.15, -0.1) is 10.2 Å². The molecule has 0 bridgehead atoms. The summed E-state index contributed by atoms with van der Waals surface area (Å²) in [6.07, 6.45) is 5.15. The van der Waals surface area contributed by atoms with Crippen molar-refractivity contribution in [3.8, 4) is 11.4 Å². The van der Waals surface area contributed by atoms with Crippen molar-refractivity contribution in [1.29, 1.82) is 0 Å². The zero-order valence-corrected chi connectivity index (χ0v) is 12.7. The second-order valence-corrected chi connectivity index (χ2v) is 6.08. The predicted molar refractivity (Wildman–Crippen MR) is 85.7 cm³/mol. The number of halogens is 1. The van der Waals surface area contributed by atoms with Crippen molar-refractivity contribution in [2.24, 2.45) is 0 Å². The summed E-state index contributed by atoms with van der Waals surface area (Å²) in [6, 6.07) is 13.9. The number of aromatic nitrogens is 4. The minimum absolute atomic E-state index is 0.0996. The number of hydrogen-bond donors (Lipinski definition) is 1. The van der Waals surface area contributed by atoms with Crippen LogP contribution in [0.1, 0.15) is 30.7 Å². The van der Waals surface area contributed by atoms with Gasteiger partial charge in [0.1, 0.15) is 11.0 Å². The van der Waals surface area contributed by atoms with Crippen LogP contribution in [0.15, 0.2) is 48.7 Å². The lowest BCUT2D eigenvalue weighted by Crippen LogP contribution is -2.36. The Balaban J connectivity index is 1.74. The van der Waals surface area contributed by atoms with E-state index in [0.29, 0.717) is 5.15 Å². The summed E-state index contributed by atoms with van der Waals surface area (Å²) in [7, 11) is 0. The minimum atomic E-state index is -0.0996. The Morgan fingerprint density at radius 3 is 2.45 bits per heavy atom. The van der Waals surface area contributed by atoms with Gasteiger partial charge in [0.25, 0.3) is 0 Å². The Morgan fingerprint density at radius 1 is 1.00 bits per heavy atom. The second-order valence-electron chi connectivity index (χ2n) is 5.69. The van der Waals surface area contributed by atoms with Crippen molar-refractivity contribution in [2.75, 3.05) is 0 Å². The molecule has 1 aliphatic rings. The minimum Gasteiger partial charge on any atom is -0.324 e. The number of pyridine rings is 1. The molecule has 0 spiro atoms. The van der Waals surface area contributed by atoms with Gasteiger partial charge >= 0.3 is 0 Å². The monoisotopic (exact) mass is 310 g/mol. The summed E-state index contributed by atoms with van der Waals surface area (Å²) in [6.45, 7) is 0. The Kier molecular flexibility index (Phi) is 3.19. The van der Waals surface area contributed by atoms with E-state index in [-0.39, 0.29) is 5.41 Å². The molecule has 0 aliphatic heterocycles. The average Bonchev–Trinajstić information content (AvgIpc) is 2.99. The Labute approximate surface area is 133 Å². The molecule has 1 N–H and O–H groups in total. The SMILES string of the molecule is Clc1ccc(C2(c3nnc(-c4ccccc4)[nH]3)CCC2)cn1. The molecule has 5 heteroatoms. The van der Waals surface area contributed by atoms with Crippen molar-refractivity contribution in [3.05, 3.63) is 65.2 Å². The first-order valence-corrected chi connectivity index (χ1v) is 7.76. The van der Waals surface area contributed by atoms with Crippen LogP contribution in [0.4, 0.5) is 0 Å². The number of hydrogen-bond acceptors (Lipinski definition) is 3. The lowest BCUT2D eigenvalue weighted by Gasteiger charge is -2.40. The molecular weight excluding hydrogens is 296 g/mol. The smallest absolute Gasteiger partial charge is 0.161 e. The van der Waals surface area contributed by atoms with Crippen LogP contribution in [0.5, 0.6) is 0 Å². The van der Waals surface area contributed by atoms with Gasteiger partial charge in [0.05, 0.1) is 5.41 Å². The molecule has 4 nitrogen and oxygen atoms in total. The van der Waals surface area contributed by atoms with Crippen LogP contribution >= 0.6 is 11.6 Å². The first-order valence-electron chi connectivity index (χ1n) is 7.39. The molecule has 0 saturated heterocycles. The zero-order valence-electron chi connectivity index (χ0n) is 12.0. The summed E-state index contributed by atoms with van der Waals surface area (Å²) >= 11 is 5.91. The van der Waals surface area contributed by atoms with Crippen molar-refractivity contribution >= 4 is 11.6 Å². The topological polar surface area (TPSA) is 54.5 Å². The van der Waals surface area contributed by atoms with Gasteiger partial charge in [-0.05, 0) is 24.5 Å². The van der Waals surface area contributed by atoms with Gasteiger partial charge in [-0.2, -0.15) is 0 Å². The van der Waals surface area contributed by atoms with E-state index in [9.17, 15) is 0 Å². The van der Waals surface area contributed by atoms with Crippen LogP contribution < -0.4 is 0 Å². The highest BCUT2D eigenvalue weighted by Crippen LogP contribution is 2.47. The van der Waals surface area contributed by atoms with Crippen molar-refractivity contribution in [2.45, 2.75) is 24.7 Å². The first-order chi connectivity index (χ1) is 10.8. The molecular formula is C17H15ClN4. The molecule has 4 rings (SSSR count). The van der Waals surface area contributed by atoms with Crippen LogP contribution in [-0.2, 0) is 5.41 Å². The van der Waals surface area contributed by atoms with E-state index in [1.54, 1.807) is 0 Å². The lowest BCUT2D eigenvalue weighted by molar-refractivity contribution is 0.285. The molecule has 1 aliphatic carbocycles. The average molecular weight is 311 g/mol. The predicted octanol–water partition coefficient (Wildman–Crippen LogP) is 3.99. The Bertz CT molecular complexity index is 776. The fourth-order valence-corrected chi connectivity index (χ4v) is 3.17. The van der Waals surface area contributed by atoms with E-state index in [1.807, 2.05) is 48.7 Å². The highest BCUT2D eigenvalue weighted by Gasteiger charge is 2.43. The largest absolute Gasteiger partial charge is 0.324 e. The van der Waals surface area contributed by atoms with Crippen molar-refractivity contribution in [3.63, 3.8) is 0 Å². The molecule has 2 heterocycles. The summed E-state index contributed by atoms with van der Waals surface area (Å²) in [5, 5.41) is 9.26. The molecule has 2 aromatic heterocycles. The van der Waals surface area contributed by atoms with Gasteiger partial charge in [-0.3, -0.25) is 0 Å². The van der Waals surface area contributed by atoms with Gasteiger partial charge in [-0.25, -0.2) is 4.98 Å². The van der Waals surface area contributed by atoms with Gasteiger partial charge in [0, 0.05) is 11.8 Å². The molecule has 1 fully saturated rings. The summed E-state index contributed by atoms with van der Waals surface area (Å²) in [5.74, 6) is 1.73. The summed E-state index contributed by atoms with van der Waals surface area (Å²) < 4.78 is 0. The maximum atomic E-state index is 5.91. The number of nitrogens with zero attached hydrogens (tertiary/aromatic N) is 3. The molecule has 0 amide bonds. The van der Waals surface area contributed by atoms with E-state index < -0.39 is 0 Å². The summed E-state index contributed by atoms with van der Waals surface area (Å²) in [5.41, 5.74) is 2.10. The normalized spacial score (nSPS) is 16.2. The van der Waals surface area contributed by atoms with E-state index >= 15 is 0 Å². The molecule has 0 atom stereocenters. The quantitative estimate of drug-likeness (QED) is 0.744. The van der Waals surface area contributed by atoms with Crippen LogP contribution in [0.3, 0.4) is 0 Å². The van der Waals surface area contributed by atoms with E-state index in [2.05, 4.69) is 20.2 Å². The van der Waals surface area contributed by atoms with E-state index in [0.717, 1.165) is 35.6 Å². The third-order valence-corrected chi connectivity index (χ3v) is 4.70. The fraction of sp³-hybridized carbons (Fsp3) is 0.235. The van der Waals surface area contributed by atoms with Gasteiger partial charge in [0.2, 0.25) is 0 Å². The number of aromatic amines is 1. The molecule has 1 aromatic carbocycles. The van der Waals surface area contributed by atoms with Crippen LogP contribution in [0, 0.1) is 0 Å². The maximum absolute atomic E-state index is 5.91. The molecule has 0 radical (unpaired) electrons. The van der Waals surface area contributed by atoms with Crippen LogP contribution in [-0.4, -0.2) is 20.2 Å². The molecule has 22 heavy (non-hydrogen) atoms. The Hall–Kier alpha value is -2.20. The standard InChI is InChI=1S/C17H15ClN4/c18-14-8-7-13(11-19-14)17(9-4-10-17)16-20-15(21-22-16)12-5-2-1-3-6-12/h1-3,5-8,11H,4,9-10H2,(H,20,21,22). The third-order valence-electron chi connectivity index (χ3n) is 4.47. The molecule has 3 aromatic rings. The first kappa shape index (κ1) is 13.5. The van der Waals surface area contributed by atoms with Gasteiger partial charge in [-0.1, -0.05) is 54.4 Å². The third kappa shape index (κ3) is 2.11. The number of nitrogens with one attached hydrogen (secondary N) is 1. The molecule has 0 unspecified atom stereocenters. The fourth-order valence-electron chi connectivity index (χ4n) is 3.05. The molecule has 110 valence electrons. The van der Waals surface area contributed by atoms with E-state index in [1.165, 1.54) is 6.42 Å². The molecule has 1 saturated carbocycles.